The van der Waals surface area contributed by atoms with E-state index in [4.69, 9.17) is 0 Å². The quantitative estimate of drug-likeness (QED) is 0.320. The minimum Gasteiger partial charge on any atom is -0.354 e. The lowest BCUT2D eigenvalue weighted by Gasteiger charge is -2.34. The van der Waals surface area contributed by atoms with Gasteiger partial charge in [0, 0.05) is 13.1 Å². The molecule has 0 aromatic heterocycles. The molecular weight excluding hydrogens is 522 g/mol. The molecule has 0 aliphatic carbocycles. The molecule has 0 heterocycles. The van der Waals surface area contributed by atoms with Crippen molar-refractivity contribution in [2.24, 2.45) is 5.92 Å². The maximum Gasteiger partial charge on any atom is 0.264 e. The van der Waals surface area contributed by atoms with E-state index in [-0.39, 0.29) is 23.3 Å². The van der Waals surface area contributed by atoms with Crippen LogP contribution in [0.5, 0.6) is 0 Å². The van der Waals surface area contributed by atoms with Crippen molar-refractivity contribution in [3.63, 3.8) is 0 Å². The van der Waals surface area contributed by atoms with E-state index in [1.165, 1.54) is 21.3 Å². The van der Waals surface area contributed by atoms with Crippen molar-refractivity contribution in [2.45, 2.75) is 65.4 Å². The molecule has 0 radical (unpaired) electrons. The number of aryl methyl sites for hydroxylation is 2. The second-order valence-electron chi connectivity index (χ2n) is 10.6. The fourth-order valence-corrected chi connectivity index (χ4v) is 6.04. The maximum absolute atomic E-state index is 14.2. The molecule has 0 saturated heterocycles. The van der Waals surface area contributed by atoms with Gasteiger partial charge in [0.15, 0.2) is 0 Å². The van der Waals surface area contributed by atoms with Crippen molar-refractivity contribution in [2.75, 3.05) is 17.4 Å². The Bertz CT molecular complexity index is 1420. The summed E-state index contributed by atoms with van der Waals surface area (Å²) in [7, 11) is -4.09. The Kier molecular flexibility index (Phi) is 10.5. The number of carbonyl (C=O) groups is 2. The van der Waals surface area contributed by atoms with Crippen LogP contribution < -0.4 is 9.62 Å². The average molecular weight is 564 g/mol. The summed E-state index contributed by atoms with van der Waals surface area (Å²) in [6.07, 6.45) is 0.385. The van der Waals surface area contributed by atoms with Gasteiger partial charge < -0.3 is 10.2 Å². The molecule has 1 N–H and O–H groups in total. The minimum absolute atomic E-state index is 0.0934. The van der Waals surface area contributed by atoms with E-state index in [1.807, 2.05) is 71.9 Å². The molecule has 1 unspecified atom stereocenters. The summed E-state index contributed by atoms with van der Waals surface area (Å²) < 4.78 is 29.2. The molecule has 3 rings (SSSR count). The van der Waals surface area contributed by atoms with Crippen LogP contribution in [0.3, 0.4) is 0 Å². The zero-order valence-corrected chi connectivity index (χ0v) is 25.2. The Morgan fingerprint density at radius 3 is 2.10 bits per heavy atom. The smallest absolute Gasteiger partial charge is 0.264 e. The van der Waals surface area contributed by atoms with Gasteiger partial charge in [0.2, 0.25) is 11.8 Å². The summed E-state index contributed by atoms with van der Waals surface area (Å²) in [6.45, 7) is 11.8. The lowest BCUT2D eigenvalue weighted by molar-refractivity contribution is -0.140. The first-order valence-corrected chi connectivity index (χ1v) is 15.2. The minimum atomic E-state index is -4.09. The molecule has 0 fully saturated rings. The van der Waals surface area contributed by atoms with Crippen LogP contribution in [-0.4, -0.2) is 44.3 Å². The normalized spacial score (nSPS) is 12.2. The first-order valence-electron chi connectivity index (χ1n) is 13.7. The predicted molar refractivity (Wildman–Crippen MR) is 161 cm³/mol. The number of hydrogen-bond donors (Lipinski definition) is 1. The second kappa shape index (κ2) is 13.6. The van der Waals surface area contributed by atoms with Crippen molar-refractivity contribution in [3.05, 3.63) is 95.1 Å². The van der Waals surface area contributed by atoms with Crippen LogP contribution >= 0.6 is 0 Å². The van der Waals surface area contributed by atoms with E-state index < -0.39 is 28.5 Å². The van der Waals surface area contributed by atoms with Crippen molar-refractivity contribution in [1.82, 2.24) is 10.2 Å². The highest BCUT2D eigenvalue weighted by Crippen LogP contribution is 2.29. The maximum atomic E-state index is 14.2. The monoisotopic (exact) mass is 563 g/mol. The molecule has 0 aliphatic rings. The molecular formula is C32H41N3O4S. The van der Waals surface area contributed by atoms with E-state index in [2.05, 4.69) is 5.32 Å². The number of nitrogens with one attached hydrogen (secondary N) is 1. The van der Waals surface area contributed by atoms with Crippen molar-refractivity contribution >= 4 is 27.5 Å². The van der Waals surface area contributed by atoms with Gasteiger partial charge in [-0.15, -0.1) is 0 Å². The molecule has 40 heavy (non-hydrogen) atoms. The third-order valence-corrected chi connectivity index (χ3v) is 8.90. The number of anilines is 1. The number of sulfonamides is 1. The SMILES string of the molecule is CCC(C(=O)NCC(C)C)N(Cc1ccccc1C)C(=O)CN(c1cccc(C)c1C)S(=O)(=O)c1ccccc1. The number of nitrogens with zero attached hydrogens (tertiary/aromatic N) is 2. The molecule has 8 heteroatoms. The zero-order valence-electron chi connectivity index (χ0n) is 24.3. The summed E-state index contributed by atoms with van der Waals surface area (Å²) in [6, 6.07) is 20.5. The number of carbonyl (C=O) groups excluding carboxylic acids is 2. The third-order valence-electron chi connectivity index (χ3n) is 7.13. The fraction of sp³-hybridized carbons (Fsp3) is 0.375. The van der Waals surface area contributed by atoms with Crippen LogP contribution in [0.15, 0.2) is 77.7 Å². The standard InChI is InChI=1S/C32H41N3O4S/c1-7-29(32(37)33-20-23(2)3)34(21-27-16-12-11-14-25(27)5)31(36)22-35(30-19-13-15-24(4)26(30)6)40(38,39)28-17-9-8-10-18-28/h8-19,23,29H,7,20-22H2,1-6H3,(H,33,37). The van der Waals surface area contributed by atoms with Crippen molar-refractivity contribution in [3.8, 4) is 0 Å². The Morgan fingerprint density at radius 1 is 0.850 bits per heavy atom. The highest BCUT2D eigenvalue weighted by molar-refractivity contribution is 7.92. The number of amides is 2. The average Bonchev–Trinajstić information content (AvgIpc) is 2.93. The Morgan fingerprint density at radius 2 is 1.48 bits per heavy atom. The molecule has 0 bridgehead atoms. The number of benzene rings is 3. The predicted octanol–water partition coefficient (Wildman–Crippen LogP) is 5.39. The van der Waals surface area contributed by atoms with Crippen molar-refractivity contribution < 1.29 is 18.0 Å². The van der Waals surface area contributed by atoms with Crippen LogP contribution in [0.25, 0.3) is 0 Å². The summed E-state index contributed by atoms with van der Waals surface area (Å²) in [5.41, 5.74) is 4.00. The van der Waals surface area contributed by atoms with Crippen LogP contribution in [0, 0.1) is 26.7 Å². The molecule has 1 atom stereocenters. The van der Waals surface area contributed by atoms with Crippen molar-refractivity contribution in [1.29, 1.82) is 0 Å². The van der Waals surface area contributed by atoms with E-state index in [1.54, 1.807) is 30.3 Å². The lowest BCUT2D eigenvalue weighted by Crippen LogP contribution is -2.52. The van der Waals surface area contributed by atoms with E-state index in [0.29, 0.717) is 18.7 Å². The molecule has 0 saturated carbocycles. The van der Waals surface area contributed by atoms with Gasteiger partial charge in [-0.2, -0.15) is 0 Å². The second-order valence-corrected chi connectivity index (χ2v) is 12.4. The Hall–Kier alpha value is -3.65. The first kappa shape index (κ1) is 30.9. The zero-order chi connectivity index (χ0) is 29.4. The molecule has 0 spiro atoms. The van der Waals surface area contributed by atoms with E-state index in [9.17, 15) is 18.0 Å². The summed E-state index contributed by atoms with van der Waals surface area (Å²) in [5, 5.41) is 2.96. The first-order chi connectivity index (χ1) is 19.0. The summed E-state index contributed by atoms with van der Waals surface area (Å²) in [4.78, 5) is 29.2. The topological polar surface area (TPSA) is 86.8 Å². The molecule has 7 nitrogen and oxygen atoms in total. The molecule has 3 aromatic carbocycles. The fourth-order valence-electron chi connectivity index (χ4n) is 4.55. The van der Waals surface area contributed by atoms with Gasteiger partial charge in [0.25, 0.3) is 10.0 Å². The van der Waals surface area contributed by atoms with Gasteiger partial charge in [-0.1, -0.05) is 75.4 Å². The van der Waals surface area contributed by atoms with Gasteiger partial charge in [-0.05, 0) is 73.6 Å². The van der Waals surface area contributed by atoms with E-state index >= 15 is 0 Å². The van der Waals surface area contributed by atoms with Gasteiger partial charge >= 0.3 is 0 Å². The Labute approximate surface area is 239 Å². The van der Waals surface area contributed by atoms with Crippen LogP contribution in [0.2, 0.25) is 0 Å². The Balaban J connectivity index is 2.09. The van der Waals surface area contributed by atoms with Crippen LogP contribution in [-0.2, 0) is 26.2 Å². The van der Waals surface area contributed by atoms with Gasteiger partial charge in [0.1, 0.15) is 12.6 Å². The summed E-state index contributed by atoms with van der Waals surface area (Å²) in [5.74, 6) is -0.449. The molecule has 214 valence electrons. The lowest BCUT2D eigenvalue weighted by atomic mass is 10.1. The molecule has 2 amide bonds. The highest BCUT2D eigenvalue weighted by atomic mass is 32.2. The summed E-state index contributed by atoms with van der Waals surface area (Å²) >= 11 is 0. The van der Waals surface area contributed by atoms with Gasteiger partial charge in [-0.25, -0.2) is 8.42 Å². The van der Waals surface area contributed by atoms with Gasteiger partial charge in [-0.3, -0.25) is 13.9 Å². The third kappa shape index (κ3) is 7.30. The largest absolute Gasteiger partial charge is 0.354 e. The van der Waals surface area contributed by atoms with Crippen LogP contribution in [0.1, 0.15) is 49.4 Å². The van der Waals surface area contributed by atoms with Gasteiger partial charge in [0.05, 0.1) is 10.6 Å². The number of hydrogen-bond acceptors (Lipinski definition) is 4. The van der Waals surface area contributed by atoms with E-state index in [0.717, 1.165) is 22.3 Å². The molecule has 0 aliphatic heterocycles. The van der Waals surface area contributed by atoms with Crippen LogP contribution in [0.4, 0.5) is 5.69 Å². The number of rotatable bonds is 12. The highest BCUT2D eigenvalue weighted by Gasteiger charge is 2.34. The molecule has 3 aromatic rings.